The van der Waals surface area contributed by atoms with Crippen LogP contribution in [0.4, 0.5) is 5.82 Å². The van der Waals surface area contributed by atoms with Gasteiger partial charge in [0.25, 0.3) is 0 Å². The number of primary amides is 1. The number of carbonyl (C=O) groups excluding carboxylic acids is 1. The van der Waals surface area contributed by atoms with E-state index in [9.17, 15) is 9.90 Å². The molecule has 0 atom stereocenters. The highest BCUT2D eigenvalue weighted by Crippen LogP contribution is 2.36. The Labute approximate surface area is 99.5 Å². The van der Waals surface area contributed by atoms with Gasteiger partial charge >= 0.3 is 0 Å². The summed E-state index contributed by atoms with van der Waals surface area (Å²) in [5.41, 5.74) is 6.04. The molecule has 0 radical (unpaired) electrons. The van der Waals surface area contributed by atoms with Crippen molar-refractivity contribution in [3.63, 3.8) is 0 Å². The van der Waals surface area contributed by atoms with E-state index in [1.165, 1.54) is 6.33 Å². The zero-order valence-corrected chi connectivity index (χ0v) is 9.71. The number of aliphatic hydroxyl groups excluding tert-OH is 1. The second-order valence-corrected chi connectivity index (χ2v) is 4.45. The van der Waals surface area contributed by atoms with E-state index < -0.39 is 5.91 Å². The van der Waals surface area contributed by atoms with Crippen molar-refractivity contribution in [1.29, 1.82) is 0 Å². The van der Waals surface area contributed by atoms with Gasteiger partial charge in [0.05, 0.1) is 12.6 Å². The average molecular weight is 236 g/mol. The third kappa shape index (κ3) is 2.71. The first-order valence-corrected chi connectivity index (χ1v) is 5.55. The number of hydrogen-bond donors (Lipinski definition) is 2. The van der Waals surface area contributed by atoms with Gasteiger partial charge in [-0.2, -0.15) is 0 Å². The molecule has 1 aromatic rings. The lowest BCUT2D eigenvalue weighted by Crippen LogP contribution is -2.31. The number of likely N-dealkylation sites (N-methyl/N-ethyl adjacent to an activating group) is 1. The normalized spacial score (nSPS) is 22.9. The number of aromatic nitrogens is 2. The van der Waals surface area contributed by atoms with E-state index in [4.69, 9.17) is 5.73 Å². The molecule has 0 unspecified atom stereocenters. The zero-order chi connectivity index (χ0) is 12.4. The molecule has 1 fully saturated rings. The second-order valence-electron chi connectivity index (χ2n) is 4.45. The van der Waals surface area contributed by atoms with Crippen molar-refractivity contribution in [2.24, 2.45) is 5.73 Å². The van der Waals surface area contributed by atoms with E-state index in [1.54, 1.807) is 11.9 Å². The first-order valence-electron chi connectivity index (χ1n) is 5.55. The maximum atomic E-state index is 10.8. The number of nitrogens with zero attached hydrogens (tertiary/aromatic N) is 3. The van der Waals surface area contributed by atoms with Crippen LogP contribution in [0.15, 0.2) is 12.4 Å². The fourth-order valence-electron chi connectivity index (χ4n) is 1.94. The summed E-state index contributed by atoms with van der Waals surface area (Å²) in [5, 5.41) is 9.26. The molecule has 6 nitrogen and oxygen atoms in total. The van der Waals surface area contributed by atoms with E-state index in [-0.39, 0.29) is 12.6 Å². The summed E-state index contributed by atoms with van der Waals surface area (Å²) in [7, 11) is 1.76. The van der Waals surface area contributed by atoms with Gasteiger partial charge in [-0.3, -0.25) is 4.79 Å². The molecule has 1 aliphatic carbocycles. The molecule has 0 saturated heterocycles. The summed E-state index contributed by atoms with van der Waals surface area (Å²) < 4.78 is 0. The minimum atomic E-state index is -0.397. The van der Waals surface area contributed by atoms with E-state index in [0.717, 1.165) is 18.5 Å². The Bertz CT molecular complexity index is 418. The monoisotopic (exact) mass is 236 g/mol. The van der Waals surface area contributed by atoms with Gasteiger partial charge < -0.3 is 15.7 Å². The van der Waals surface area contributed by atoms with Crippen molar-refractivity contribution in [3.8, 4) is 0 Å². The highest BCUT2D eigenvalue weighted by molar-refractivity contribution is 5.78. The standard InChI is InChI=1S/C11H16N4O2/c1-15(5-10(12)17)11-4-9(13-6-14-11)7-2-8(16)3-7/h4,6-8,16H,2-3,5H2,1H3,(H2,12,17). The lowest BCUT2D eigenvalue weighted by atomic mass is 9.80. The van der Waals surface area contributed by atoms with Crippen LogP contribution >= 0.6 is 0 Å². The average Bonchev–Trinajstić information content (AvgIpc) is 2.24. The number of rotatable bonds is 4. The van der Waals surface area contributed by atoms with Gasteiger partial charge in [0.2, 0.25) is 5.91 Å². The molecule has 0 bridgehead atoms. The Hall–Kier alpha value is -1.69. The van der Waals surface area contributed by atoms with Crippen molar-refractivity contribution in [2.75, 3.05) is 18.5 Å². The van der Waals surface area contributed by atoms with Crippen LogP contribution < -0.4 is 10.6 Å². The number of aliphatic hydroxyl groups is 1. The Balaban J connectivity index is 2.08. The van der Waals surface area contributed by atoms with Gasteiger partial charge in [0.1, 0.15) is 12.1 Å². The van der Waals surface area contributed by atoms with Crippen LogP contribution in [0.2, 0.25) is 0 Å². The lowest BCUT2D eigenvalue weighted by Gasteiger charge is -2.31. The summed E-state index contributed by atoms with van der Waals surface area (Å²) in [6.07, 6.45) is 2.76. The van der Waals surface area contributed by atoms with Crippen LogP contribution in [0.25, 0.3) is 0 Å². The third-order valence-electron chi connectivity index (χ3n) is 2.99. The van der Waals surface area contributed by atoms with E-state index in [0.29, 0.717) is 11.7 Å². The number of amides is 1. The molecule has 17 heavy (non-hydrogen) atoms. The SMILES string of the molecule is CN(CC(N)=O)c1cc(C2CC(O)C2)ncn1. The zero-order valence-electron chi connectivity index (χ0n) is 9.71. The van der Waals surface area contributed by atoms with Gasteiger partial charge in [0, 0.05) is 24.7 Å². The van der Waals surface area contributed by atoms with Crippen LogP contribution in [0.1, 0.15) is 24.5 Å². The van der Waals surface area contributed by atoms with Crippen LogP contribution in [0, 0.1) is 0 Å². The summed E-state index contributed by atoms with van der Waals surface area (Å²) in [5.74, 6) is 0.579. The first-order chi connectivity index (χ1) is 8.06. The molecule has 1 aromatic heterocycles. The summed E-state index contributed by atoms with van der Waals surface area (Å²) >= 11 is 0. The molecular formula is C11H16N4O2. The lowest BCUT2D eigenvalue weighted by molar-refractivity contribution is -0.116. The molecule has 1 aliphatic rings. The van der Waals surface area contributed by atoms with E-state index >= 15 is 0 Å². The second kappa shape index (κ2) is 4.67. The fourth-order valence-corrected chi connectivity index (χ4v) is 1.94. The number of anilines is 1. The highest BCUT2D eigenvalue weighted by Gasteiger charge is 2.29. The van der Waals surface area contributed by atoms with Crippen molar-refractivity contribution in [2.45, 2.75) is 24.9 Å². The Morgan fingerprint density at radius 3 is 2.88 bits per heavy atom. The maximum Gasteiger partial charge on any atom is 0.236 e. The first kappa shape index (κ1) is 11.8. The quantitative estimate of drug-likeness (QED) is 0.744. The molecule has 6 heteroatoms. The topological polar surface area (TPSA) is 92.3 Å². The Morgan fingerprint density at radius 1 is 1.59 bits per heavy atom. The number of carbonyl (C=O) groups is 1. The molecule has 3 N–H and O–H groups in total. The van der Waals surface area contributed by atoms with Gasteiger partial charge in [-0.25, -0.2) is 9.97 Å². The number of hydrogen-bond acceptors (Lipinski definition) is 5. The predicted molar refractivity (Wildman–Crippen MR) is 62.5 cm³/mol. The third-order valence-corrected chi connectivity index (χ3v) is 2.99. The smallest absolute Gasteiger partial charge is 0.236 e. The molecule has 0 spiro atoms. The largest absolute Gasteiger partial charge is 0.393 e. The predicted octanol–water partition coefficient (Wildman–Crippen LogP) is -0.364. The van der Waals surface area contributed by atoms with Crippen LogP contribution in [-0.2, 0) is 4.79 Å². The minimum absolute atomic E-state index is 0.129. The fraction of sp³-hybridized carbons (Fsp3) is 0.545. The highest BCUT2D eigenvalue weighted by atomic mass is 16.3. The summed E-state index contributed by atoms with van der Waals surface area (Å²) in [6.45, 7) is 0.129. The molecule has 0 aliphatic heterocycles. The van der Waals surface area contributed by atoms with Crippen molar-refractivity contribution in [3.05, 3.63) is 18.1 Å². The molecule has 1 saturated carbocycles. The van der Waals surface area contributed by atoms with Gasteiger partial charge in [-0.05, 0) is 12.8 Å². The van der Waals surface area contributed by atoms with Gasteiger partial charge in [-0.15, -0.1) is 0 Å². The molecule has 2 rings (SSSR count). The summed E-state index contributed by atoms with van der Waals surface area (Å²) in [4.78, 5) is 20.8. The molecule has 0 aromatic carbocycles. The van der Waals surface area contributed by atoms with Crippen molar-refractivity contribution < 1.29 is 9.90 Å². The molecule has 92 valence electrons. The van der Waals surface area contributed by atoms with Crippen LogP contribution in [0.5, 0.6) is 0 Å². The summed E-state index contributed by atoms with van der Waals surface area (Å²) in [6, 6.07) is 1.85. The Morgan fingerprint density at radius 2 is 2.29 bits per heavy atom. The van der Waals surface area contributed by atoms with Crippen molar-refractivity contribution >= 4 is 11.7 Å². The van der Waals surface area contributed by atoms with Gasteiger partial charge in [0.15, 0.2) is 0 Å². The minimum Gasteiger partial charge on any atom is -0.393 e. The Kier molecular flexibility index (Phi) is 3.23. The molecular weight excluding hydrogens is 220 g/mol. The van der Waals surface area contributed by atoms with Crippen molar-refractivity contribution in [1.82, 2.24) is 9.97 Å². The molecule has 1 heterocycles. The maximum absolute atomic E-state index is 10.8. The van der Waals surface area contributed by atoms with Crippen LogP contribution in [0.3, 0.4) is 0 Å². The molecule has 1 amide bonds. The van der Waals surface area contributed by atoms with E-state index in [1.807, 2.05) is 6.07 Å². The van der Waals surface area contributed by atoms with E-state index in [2.05, 4.69) is 9.97 Å². The number of nitrogens with two attached hydrogens (primary N) is 1. The van der Waals surface area contributed by atoms with Crippen LogP contribution in [-0.4, -0.2) is 40.7 Å². The van der Waals surface area contributed by atoms with Gasteiger partial charge in [-0.1, -0.05) is 0 Å².